The van der Waals surface area contributed by atoms with Gasteiger partial charge < -0.3 is 10.2 Å². The summed E-state index contributed by atoms with van der Waals surface area (Å²) in [7, 11) is 0. The van der Waals surface area contributed by atoms with Gasteiger partial charge in [0.25, 0.3) is 0 Å². The maximum Gasteiger partial charge on any atom is 0.242 e. The predicted molar refractivity (Wildman–Crippen MR) is 113 cm³/mol. The lowest BCUT2D eigenvalue weighted by Gasteiger charge is -2.29. The standard InChI is InChI=1S/C24H25N3O2/c1-19(24(29)26-17-22-14-8-9-15-25-22)27(18-21-12-6-3-7-13-21)23(28)16-20-10-4-2-5-11-20/h2-15,19H,16-18H2,1H3,(H,26,29). The normalized spacial score (nSPS) is 11.5. The molecule has 0 saturated carbocycles. The van der Waals surface area contributed by atoms with Crippen LogP contribution in [0, 0.1) is 0 Å². The minimum atomic E-state index is -0.602. The van der Waals surface area contributed by atoms with E-state index >= 15 is 0 Å². The molecule has 0 radical (unpaired) electrons. The highest BCUT2D eigenvalue weighted by Crippen LogP contribution is 2.12. The summed E-state index contributed by atoms with van der Waals surface area (Å²) in [4.78, 5) is 31.7. The second-order valence-electron chi connectivity index (χ2n) is 6.88. The average molecular weight is 387 g/mol. The van der Waals surface area contributed by atoms with E-state index in [1.807, 2.05) is 78.9 Å². The van der Waals surface area contributed by atoms with Gasteiger partial charge in [0.05, 0.1) is 18.7 Å². The highest BCUT2D eigenvalue weighted by molar-refractivity contribution is 5.88. The zero-order valence-electron chi connectivity index (χ0n) is 16.5. The molecule has 2 amide bonds. The Bertz CT molecular complexity index is 915. The lowest BCUT2D eigenvalue weighted by atomic mass is 10.1. The molecule has 1 unspecified atom stereocenters. The molecule has 3 aromatic rings. The maximum absolute atomic E-state index is 13.1. The highest BCUT2D eigenvalue weighted by Gasteiger charge is 2.26. The molecule has 0 aliphatic heterocycles. The second kappa shape index (κ2) is 10.2. The topological polar surface area (TPSA) is 62.3 Å². The fourth-order valence-corrected chi connectivity index (χ4v) is 3.06. The van der Waals surface area contributed by atoms with Gasteiger partial charge in [-0.05, 0) is 30.2 Å². The third-order valence-electron chi connectivity index (χ3n) is 4.73. The lowest BCUT2D eigenvalue weighted by Crippen LogP contribution is -2.48. The molecule has 1 N–H and O–H groups in total. The van der Waals surface area contributed by atoms with Crippen LogP contribution in [0.15, 0.2) is 85.1 Å². The van der Waals surface area contributed by atoms with Gasteiger partial charge in [0, 0.05) is 12.7 Å². The molecule has 2 aromatic carbocycles. The average Bonchev–Trinajstić information content (AvgIpc) is 2.77. The Morgan fingerprint density at radius 1 is 0.897 bits per heavy atom. The van der Waals surface area contributed by atoms with E-state index in [1.54, 1.807) is 18.0 Å². The highest BCUT2D eigenvalue weighted by atomic mass is 16.2. The van der Waals surface area contributed by atoms with Crippen LogP contribution >= 0.6 is 0 Å². The van der Waals surface area contributed by atoms with E-state index in [0.29, 0.717) is 13.1 Å². The summed E-state index contributed by atoms with van der Waals surface area (Å²) in [5, 5.41) is 2.89. The summed E-state index contributed by atoms with van der Waals surface area (Å²) >= 11 is 0. The number of aromatic nitrogens is 1. The number of carbonyl (C=O) groups excluding carboxylic acids is 2. The first kappa shape index (κ1) is 20.3. The van der Waals surface area contributed by atoms with Crippen LogP contribution in [-0.2, 0) is 29.1 Å². The van der Waals surface area contributed by atoms with Crippen LogP contribution in [0.4, 0.5) is 0 Å². The summed E-state index contributed by atoms with van der Waals surface area (Å²) in [6, 6.07) is 24.3. The Morgan fingerprint density at radius 2 is 1.52 bits per heavy atom. The molecule has 0 saturated heterocycles. The van der Waals surface area contributed by atoms with Crippen LogP contribution in [0.5, 0.6) is 0 Å². The summed E-state index contributed by atoms with van der Waals surface area (Å²) in [5.41, 5.74) is 2.69. The quantitative estimate of drug-likeness (QED) is 0.645. The van der Waals surface area contributed by atoms with Crippen LogP contribution in [0.2, 0.25) is 0 Å². The number of carbonyl (C=O) groups is 2. The number of hydrogen-bond acceptors (Lipinski definition) is 3. The number of nitrogens with one attached hydrogen (secondary N) is 1. The number of hydrogen-bond donors (Lipinski definition) is 1. The number of nitrogens with zero attached hydrogens (tertiary/aromatic N) is 2. The lowest BCUT2D eigenvalue weighted by molar-refractivity contribution is -0.140. The van der Waals surface area contributed by atoms with E-state index in [9.17, 15) is 9.59 Å². The Hall–Kier alpha value is -3.47. The van der Waals surface area contributed by atoms with Gasteiger partial charge in [-0.25, -0.2) is 0 Å². The van der Waals surface area contributed by atoms with Gasteiger partial charge in [0.2, 0.25) is 11.8 Å². The molecule has 5 nitrogen and oxygen atoms in total. The molecule has 0 fully saturated rings. The molecule has 0 aliphatic carbocycles. The van der Waals surface area contributed by atoms with Gasteiger partial charge in [-0.1, -0.05) is 66.7 Å². The monoisotopic (exact) mass is 387 g/mol. The zero-order valence-corrected chi connectivity index (χ0v) is 16.5. The molecule has 1 aromatic heterocycles. The van der Waals surface area contributed by atoms with Gasteiger partial charge in [-0.2, -0.15) is 0 Å². The Balaban J connectivity index is 1.71. The van der Waals surface area contributed by atoms with Gasteiger partial charge in [0.1, 0.15) is 6.04 Å². The molecule has 0 spiro atoms. The molecule has 0 aliphatic rings. The van der Waals surface area contributed by atoms with Crippen molar-refractivity contribution < 1.29 is 9.59 Å². The SMILES string of the molecule is CC(C(=O)NCc1ccccn1)N(Cc1ccccc1)C(=O)Cc1ccccc1. The zero-order chi connectivity index (χ0) is 20.5. The van der Waals surface area contributed by atoms with Crippen molar-refractivity contribution in [2.75, 3.05) is 0 Å². The predicted octanol–water partition coefficient (Wildman–Crippen LogP) is 3.36. The first-order chi connectivity index (χ1) is 14.1. The Kier molecular flexibility index (Phi) is 7.11. The number of pyridine rings is 1. The maximum atomic E-state index is 13.1. The largest absolute Gasteiger partial charge is 0.349 e. The summed E-state index contributed by atoms with van der Waals surface area (Å²) in [5.74, 6) is -0.284. The van der Waals surface area contributed by atoms with Gasteiger partial charge in [0.15, 0.2) is 0 Å². The fourth-order valence-electron chi connectivity index (χ4n) is 3.06. The van der Waals surface area contributed by atoms with Gasteiger partial charge in [-0.15, -0.1) is 0 Å². The number of rotatable bonds is 8. The van der Waals surface area contributed by atoms with E-state index < -0.39 is 6.04 Å². The van der Waals surface area contributed by atoms with E-state index in [4.69, 9.17) is 0 Å². The minimum absolute atomic E-state index is 0.0828. The molecule has 5 heteroatoms. The van der Waals surface area contributed by atoms with Crippen molar-refractivity contribution in [1.82, 2.24) is 15.2 Å². The van der Waals surface area contributed by atoms with E-state index in [2.05, 4.69) is 10.3 Å². The minimum Gasteiger partial charge on any atom is -0.349 e. The van der Waals surface area contributed by atoms with Crippen molar-refractivity contribution in [1.29, 1.82) is 0 Å². The van der Waals surface area contributed by atoms with Crippen molar-refractivity contribution in [2.45, 2.75) is 32.5 Å². The van der Waals surface area contributed by atoms with Crippen LogP contribution in [0.1, 0.15) is 23.7 Å². The second-order valence-corrected chi connectivity index (χ2v) is 6.88. The fraction of sp³-hybridized carbons (Fsp3) is 0.208. The molecular weight excluding hydrogens is 362 g/mol. The Labute approximate surface area is 171 Å². The van der Waals surface area contributed by atoms with Crippen molar-refractivity contribution in [3.63, 3.8) is 0 Å². The van der Waals surface area contributed by atoms with Gasteiger partial charge in [-0.3, -0.25) is 14.6 Å². The van der Waals surface area contributed by atoms with Crippen molar-refractivity contribution >= 4 is 11.8 Å². The molecule has 1 heterocycles. The van der Waals surface area contributed by atoms with Crippen molar-refractivity contribution in [3.05, 3.63) is 102 Å². The van der Waals surface area contributed by atoms with Crippen molar-refractivity contribution in [2.24, 2.45) is 0 Å². The van der Waals surface area contributed by atoms with Crippen LogP contribution in [0.3, 0.4) is 0 Å². The summed E-state index contributed by atoms with van der Waals surface area (Å²) in [6.45, 7) is 2.47. The van der Waals surface area contributed by atoms with Gasteiger partial charge >= 0.3 is 0 Å². The van der Waals surface area contributed by atoms with E-state index in [1.165, 1.54) is 0 Å². The third-order valence-corrected chi connectivity index (χ3v) is 4.73. The smallest absolute Gasteiger partial charge is 0.242 e. The number of benzene rings is 2. The van der Waals surface area contributed by atoms with Crippen LogP contribution in [-0.4, -0.2) is 27.7 Å². The summed E-state index contributed by atoms with van der Waals surface area (Å²) in [6.07, 6.45) is 1.95. The van der Waals surface area contributed by atoms with Crippen LogP contribution in [0.25, 0.3) is 0 Å². The first-order valence-electron chi connectivity index (χ1n) is 9.68. The number of amides is 2. The van der Waals surface area contributed by atoms with Crippen LogP contribution < -0.4 is 5.32 Å². The van der Waals surface area contributed by atoms with E-state index in [0.717, 1.165) is 16.8 Å². The molecule has 29 heavy (non-hydrogen) atoms. The van der Waals surface area contributed by atoms with E-state index in [-0.39, 0.29) is 18.2 Å². The molecule has 1 atom stereocenters. The molecule has 148 valence electrons. The first-order valence-corrected chi connectivity index (χ1v) is 9.68. The summed E-state index contributed by atoms with van der Waals surface area (Å²) < 4.78 is 0. The molecular formula is C24H25N3O2. The molecule has 0 bridgehead atoms. The Morgan fingerprint density at radius 3 is 2.14 bits per heavy atom. The third kappa shape index (κ3) is 6.01. The van der Waals surface area contributed by atoms with Crippen molar-refractivity contribution in [3.8, 4) is 0 Å². The molecule has 3 rings (SSSR count).